The van der Waals surface area contributed by atoms with Gasteiger partial charge in [-0.05, 0) is 24.5 Å². The van der Waals surface area contributed by atoms with Gasteiger partial charge < -0.3 is 9.32 Å². The van der Waals surface area contributed by atoms with E-state index in [2.05, 4.69) is 34.1 Å². The molecule has 0 saturated carbocycles. The van der Waals surface area contributed by atoms with Gasteiger partial charge in [-0.15, -0.1) is 0 Å². The summed E-state index contributed by atoms with van der Waals surface area (Å²) in [6, 6.07) is 14.4. The lowest BCUT2D eigenvalue weighted by Crippen LogP contribution is -2.16. The predicted molar refractivity (Wildman–Crippen MR) is 80.9 cm³/mol. The average molecular weight is 264 g/mol. The molecule has 2 aromatic heterocycles. The first kappa shape index (κ1) is 11.5. The highest BCUT2D eigenvalue weighted by Gasteiger charge is 2.17. The molecule has 0 atom stereocenters. The molecule has 4 rings (SSSR count). The number of furan rings is 1. The Balaban J connectivity index is 1.76. The van der Waals surface area contributed by atoms with Gasteiger partial charge in [0.25, 0.3) is 0 Å². The molecule has 1 aliphatic heterocycles. The molecule has 0 spiro atoms. The van der Waals surface area contributed by atoms with Crippen molar-refractivity contribution in [3.63, 3.8) is 0 Å². The third-order valence-corrected chi connectivity index (χ3v) is 3.88. The van der Waals surface area contributed by atoms with Crippen LogP contribution >= 0.6 is 0 Å². The van der Waals surface area contributed by atoms with E-state index >= 15 is 0 Å². The van der Waals surface area contributed by atoms with Gasteiger partial charge in [-0.25, -0.2) is 0 Å². The Labute approximate surface area is 117 Å². The lowest BCUT2D eigenvalue weighted by molar-refractivity contribution is 0.599. The standard InChI is InChI=1S/C17H16N2O/c1-2-6-13(7-3-1)14-10-16-15(18-12-14)11-17(20-16)19-8-4-5-9-19/h1-3,6-7,10-12H,4-5,8-9H2. The fourth-order valence-corrected chi connectivity index (χ4v) is 2.79. The number of anilines is 1. The van der Waals surface area contributed by atoms with Crippen LogP contribution in [0.2, 0.25) is 0 Å². The summed E-state index contributed by atoms with van der Waals surface area (Å²) in [5.74, 6) is 0.954. The first-order valence-electron chi connectivity index (χ1n) is 7.10. The van der Waals surface area contributed by atoms with E-state index in [0.29, 0.717) is 0 Å². The zero-order valence-corrected chi connectivity index (χ0v) is 11.2. The fourth-order valence-electron chi connectivity index (χ4n) is 2.79. The van der Waals surface area contributed by atoms with Crippen LogP contribution in [-0.2, 0) is 0 Å². The lowest BCUT2D eigenvalue weighted by atomic mass is 10.1. The van der Waals surface area contributed by atoms with E-state index in [4.69, 9.17) is 4.42 Å². The molecule has 0 unspecified atom stereocenters. The van der Waals surface area contributed by atoms with Crippen LogP contribution in [0.5, 0.6) is 0 Å². The number of pyridine rings is 1. The molecule has 1 saturated heterocycles. The van der Waals surface area contributed by atoms with Crippen molar-refractivity contribution in [1.82, 2.24) is 4.98 Å². The summed E-state index contributed by atoms with van der Waals surface area (Å²) in [4.78, 5) is 6.82. The molecule has 1 fully saturated rings. The Morgan fingerprint density at radius 3 is 2.55 bits per heavy atom. The van der Waals surface area contributed by atoms with Crippen LogP contribution in [0.15, 0.2) is 53.1 Å². The molecule has 3 heteroatoms. The molecule has 0 bridgehead atoms. The minimum Gasteiger partial charge on any atom is -0.439 e. The van der Waals surface area contributed by atoms with Crippen molar-refractivity contribution in [2.45, 2.75) is 12.8 Å². The second kappa shape index (κ2) is 4.67. The molecule has 0 N–H and O–H groups in total. The molecular weight excluding hydrogens is 248 g/mol. The molecule has 1 aromatic carbocycles. The van der Waals surface area contributed by atoms with Crippen molar-refractivity contribution >= 4 is 17.0 Å². The zero-order chi connectivity index (χ0) is 13.4. The average Bonchev–Trinajstić information content (AvgIpc) is 3.16. The molecule has 0 radical (unpaired) electrons. The van der Waals surface area contributed by atoms with E-state index in [0.717, 1.165) is 35.6 Å². The monoisotopic (exact) mass is 264 g/mol. The van der Waals surface area contributed by atoms with E-state index in [9.17, 15) is 0 Å². The summed E-state index contributed by atoms with van der Waals surface area (Å²) in [6.07, 6.45) is 4.42. The largest absolute Gasteiger partial charge is 0.439 e. The van der Waals surface area contributed by atoms with Crippen molar-refractivity contribution in [2.75, 3.05) is 18.0 Å². The molecule has 100 valence electrons. The maximum atomic E-state index is 5.98. The first-order chi connectivity index (χ1) is 9.90. The van der Waals surface area contributed by atoms with E-state index < -0.39 is 0 Å². The summed E-state index contributed by atoms with van der Waals surface area (Å²) in [7, 11) is 0. The molecule has 3 aromatic rings. The number of hydrogen-bond acceptors (Lipinski definition) is 3. The van der Waals surface area contributed by atoms with Crippen LogP contribution in [-0.4, -0.2) is 18.1 Å². The van der Waals surface area contributed by atoms with Gasteiger partial charge in [0.05, 0.1) is 0 Å². The number of aromatic nitrogens is 1. The van der Waals surface area contributed by atoms with Gasteiger partial charge in [0.1, 0.15) is 5.52 Å². The van der Waals surface area contributed by atoms with Crippen LogP contribution < -0.4 is 4.90 Å². The van der Waals surface area contributed by atoms with Gasteiger partial charge >= 0.3 is 0 Å². The quantitative estimate of drug-likeness (QED) is 0.698. The molecular formula is C17H16N2O. The highest BCUT2D eigenvalue weighted by atomic mass is 16.4. The van der Waals surface area contributed by atoms with Crippen molar-refractivity contribution < 1.29 is 4.42 Å². The number of fused-ring (bicyclic) bond motifs is 1. The maximum Gasteiger partial charge on any atom is 0.198 e. The molecule has 0 aliphatic carbocycles. The van der Waals surface area contributed by atoms with Crippen LogP contribution in [0, 0.1) is 0 Å². The smallest absolute Gasteiger partial charge is 0.198 e. The normalized spacial score (nSPS) is 15.1. The van der Waals surface area contributed by atoms with Crippen molar-refractivity contribution in [1.29, 1.82) is 0 Å². The Bertz CT molecular complexity index is 727. The minimum atomic E-state index is 0.869. The number of rotatable bonds is 2. The number of nitrogens with zero attached hydrogens (tertiary/aromatic N) is 2. The van der Waals surface area contributed by atoms with Crippen molar-refractivity contribution in [3.05, 3.63) is 48.7 Å². The molecule has 0 amide bonds. The molecule has 3 heterocycles. The lowest BCUT2D eigenvalue weighted by Gasteiger charge is -2.12. The van der Waals surface area contributed by atoms with Gasteiger partial charge in [0.2, 0.25) is 0 Å². The minimum absolute atomic E-state index is 0.869. The Morgan fingerprint density at radius 2 is 1.75 bits per heavy atom. The Hall–Kier alpha value is -2.29. The third kappa shape index (κ3) is 1.95. The van der Waals surface area contributed by atoms with Crippen LogP contribution in [0.4, 0.5) is 5.88 Å². The van der Waals surface area contributed by atoms with Gasteiger partial charge in [-0.1, -0.05) is 30.3 Å². The van der Waals surface area contributed by atoms with E-state index in [1.165, 1.54) is 18.4 Å². The van der Waals surface area contributed by atoms with Gasteiger partial charge in [-0.3, -0.25) is 4.98 Å². The van der Waals surface area contributed by atoms with Gasteiger partial charge in [-0.2, -0.15) is 0 Å². The Kier molecular flexibility index (Phi) is 2.69. The van der Waals surface area contributed by atoms with Gasteiger partial charge in [0, 0.05) is 30.9 Å². The van der Waals surface area contributed by atoms with E-state index in [1.54, 1.807) is 0 Å². The van der Waals surface area contributed by atoms with E-state index in [1.807, 2.05) is 24.4 Å². The fraction of sp³-hybridized carbons (Fsp3) is 0.235. The highest BCUT2D eigenvalue weighted by molar-refractivity contribution is 5.81. The highest BCUT2D eigenvalue weighted by Crippen LogP contribution is 2.30. The molecule has 3 nitrogen and oxygen atoms in total. The molecule has 20 heavy (non-hydrogen) atoms. The second-order valence-electron chi connectivity index (χ2n) is 5.25. The summed E-state index contributed by atoms with van der Waals surface area (Å²) in [5.41, 5.74) is 4.07. The van der Waals surface area contributed by atoms with Crippen molar-refractivity contribution in [2.24, 2.45) is 0 Å². The number of hydrogen-bond donors (Lipinski definition) is 0. The van der Waals surface area contributed by atoms with Crippen molar-refractivity contribution in [3.8, 4) is 11.1 Å². The first-order valence-corrected chi connectivity index (χ1v) is 7.10. The van der Waals surface area contributed by atoms with Gasteiger partial charge in [0.15, 0.2) is 11.5 Å². The summed E-state index contributed by atoms with van der Waals surface area (Å²) in [5, 5.41) is 0. The molecule has 1 aliphatic rings. The second-order valence-corrected chi connectivity index (χ2v) is 5.25. The number of benzene rings is 1. The van der Waals surface area contributed by atoms with Crippen LogP contribution in [0.25, 0.3) is 22.2 Å². The van der Waals surface area contributed by atoms with Crippen LogP contribution in [0.3, 0.4) is 0 Å². The van der Waals surface area contributed by atoms with E-state index in [-0.39, 0.29) is 0 Å². The summed E-state index contributed by atoms with van der Waals surface area (Å²) < 4.78 is 5.98. The third-order valence-electron chi connectivity index (χ3n) is 3.88. The summed E-state index contributed by atoms with van der Waals surface area (Å²) in [6.45, 7) is 2.18. The Morgan fingerprint density at radius 1 is 0.950 bits per heavy atom. The zero-order valence-electron chi connectivity index (χ0n) is 11.2. The summed E-state index contributed by atoms with van der Waals surface area (Å²) >= 11 is 0. The SMILES string of the molecule is c1ccc(-c2cnc3cc(N4CCCC4)oc3c2)cc1. The maximum absolute atomic E-state index is 5.98. The predicted octanol–water partition coefficient (Wildman–Crippen LogP) is 4.10. The van der Waals surface area contributed by atoms with Crippen LogP contribution in [0.1, 0.15) is 12.8 Å². The topological polar surface area (TPSA) is 29.3 Å².